The SMILES string of the molecule is CC(=O)SCC(=Cc1ccnc(C#N)c1)B1OC(C)(C)C(C)(C)O1. The van der Waals surface area contributed by atoms with E-state index in [4.69, 9.17) is 14.6 Å². The van der Waals surface area contributed by atoms with Gasteiger partial charge in [0.1, 0.15) is 11.8 Å². The summed E-state index contributed by atoms with van der Waals surface area (Å²) in [7, 11) is -0.527. The summed E-state index contributed by atoms with van der Waals surface area (Å²) in [5.74, 6) is 0.469. The second-order valence-electron chi connectivity index (χ2n) is 6.67. The van der Waals surface area contributed by atoms with E-state index in [0.29, 0.717) is 11.4 Å². The second kappa shape index (κ2) is 7.10. The fourth-order valence-electron chi connectivity index (χ4n) is 2.17. The molecule has 1 saturated heterocycles. The van der Waals surface area contributed by atoms with Crippen molar-refractivity contribution in [2.24, 2.45) is 0 Å². The summed E-state index contributed by atoms with van der Waals surface area (Å²) in [4.78, 5) is 15.3. The molecule has 0 bridgehead atoms. The largest absolute Gasteiger partial charge is 0.491 e. The van der Waals surface area contributed by atoms with Gasteiger partial charge in [0.2, 0.25) is 0 Å². The number of carbonyl (C=O) groups is 1. The Kier molecular flexibility index (Phi) is 5.54. The normalized spacial score (nSPS) is 19.2. The Bertz CT molecular complexity index is 694. The average molecular weight is 344 g/mol. The number of carbonyl (C=O) groups excluding carboxylic acids is 1. The van der Waals surface area contributed by atoms with E-state index in [0.717, 1.165) is 11.0 Å². The van der Waals surface area contributed by atoms with Gasteiger partial charge in [0, 0.05) is 18.9 Å². The van der Waals surface area contributed by atoms with Crippen LogP contribution in [0.25, 0.3) is 6.08 Å². The molecule has 0 unspecified atom stereocenters. The predicted octanol–water partition coefficient (Wildman–Crippen LogP) is 3.25. The number of hydrogen-bond donors (Lipinski definition) is 0. The van der Waals surface area contributed by atoms with E-state index in [1.807, 2.05) is 45.9 Å². The minimum absolute atomic E-state index is 0.0323. The van der Waals surface area contributed by atoms with Gasteiger partial charge in [0.05, 0.1) is 11.2 Å². The summed E-state index contributed by atoms with van der Waals surface area (Å²) >= 11 is 1.21. The molecule has 0 aliphatic carbocycles. The zero-order chi connectivity index (χ0) is 18.0. The molecule has 2 heterocycles. The Morgan fingerprint density at radius 1 is 1.38 bits per heavy atom. The maximum Gasteiger partial charge on any atom is 0.491 e. The summed E-state index contributed by atoms with van der Waals surface area (Å²) < 4.78 is 12.2. The van der Waals surface area contributed by atoms with Gasteiger partial charge in [-0.1, -0.05) is 17.8 Å². The number of rotatable bonds is 4. The van der Waals surface area contributed by atoms with E-state index in [-0.39, 0.29) is 5.12 Å². The molecule has 1 aliphatic rings. The first kappa shape index (κ1) is 18.7. The molecule has 1 aromatic rings. The van der Waals surface area contributed by atoms with Crippen molar-refractivity contribution in [3.8, 4) is 6.07 Å². The lowest BCUT2D eigenvalue weighted by Gasteiger charge is -2.32. The van der Waals surface area contributed by atoms with Gasteiger partial charge in [-0.05, 0) is 50.9 Å². The van der Waals surface area contributed by atoms with Crippen LogP contribution in [-0.4, -0.2) is 34.2 Å². The molecule has 0 aromatic carbocycles. The molecule has 7 heteroatoms. The number of pyridine rings is 1. The minimum atomic E-state index is -0.527. The first-order valence-corrected chi connectivity index (χ1v) is 8.69. The smallest absolute Gasteiger partial charge is 0.400 e. The van der Waals surface area contributed by atoms with Gasteiger partial charge < -0.3 is 9.31 Å². The van der Waals surface area contributed by atoms with Gasteiger partial charge in [-0.2, -0.15) is 5.26 Å². The molecule has 2 rings (SSSR count). The molecule has 1 aromatic heterocycles. The van der Waals surface area contributed by atoms with Gasteiger partial charge in [-0.25, -0.2) is 4.98 Å². The maximum atomic E-state index is 11.4. The molecule has 0 amide bonds. The molecule has 1 fully saturated rings. The molecule has 0 radical (unpaired) electrons. The van der Waals surface area contributed by atoms with Crippen molar-refractivity contribution in [3.63, 3.8) is 0 Å². The summed E-state index contributed by atoms with van der Waals surface area (Å²) in [6, 6.07) is 5.53. The van der Waals surface area contributed by atoms with Crippen molar-refractivity contribution in [2.45, 2.75) is 45.8 Å². The summed E-state index contributed by atoms with van der Waals surface area (Å²) in [6.45, 7) is 9.49. The van der Waals surface area contributed by atoms with E-state index in [1.165, 1.54) is 18.7 Å². The van der Waals surface area contributed by atoms with Gasteiger partial charge in [-0.3, -0.25) is 4.79 Å². The van der Waals surface area contributed by atoms with Crippen molar-refractivity contribution < 1.29 is 14.1 Å². The van der Waals surface area contributed by atoms with Crippen LogP contribution in [0.1, 0.15) is 45.9 Å². The molecule has 0 saturated carbocycles. The number of hydrogen-bond acceptors (Lipinski definition) is 6. The van der Waals surface area contributed by atoms with E-state index in [9.17, 15) is 4.79 Å². The topological polar surface area (TPSA) is 72.2 Å². The summed E-state index contributed by atoms with van der Waals surface area (Å²) in [5.41, 5.74) is 1.12. The van der Waals surface area contributed by atoms with Gasteiger partial charge >= 0.3 is 7.12 Å². The van der Waals surface area contributed by atoms with Crippen molar-refractivity contribution in [3.05, 3.63) is 35.1 Å². The molecule has 126 valence electrons. The first-order chi connectivity index (χ1) is 11.1. The van der Waals surface area contributed by atoms with Gasteiger partial charge in [0.25, 0.3) is 0 Å². The van der Waals surface area contributed by atoms with Crippen molar-refractivity contribution >= 4 is 30.1 Å². The molecule has 0 N–H and O–H groups in total. The third-order valence-electron chi connectivity index (χ3n) is 4.25. The highest BCUT2D eigenvalue weighted by Gasteiger charge is 2.52. The highest BCUT2D eigenvalue weighted by Crippen LogP contribution is 2.39. The summed E-state index contributed by atoms with van der Waals surface area (Å²) in [5, 5.41) is 9.02. The third-order valence-corrected chi connectivity index (χ3v) is 5.13. The maximum absolute atomic E-state index is 11.4. The Morgan fingerprint density at radius 2 is 2.00 bits per heavy atom. The van der Waals surface area contributed by atoms with Crippen LogP contribution in [0.4, 0.5) is 0 Å². The summed E-state index contributed by atoms with van der Waals surface area (Å²) in [6.07, 6.45) is 3.49. The highest BCUT2D eigenvalue weighted by atomic mass is 32.2. The number of thioether (sulfide) groups is 1. The zero-order valence-electron chi connectivity index (χ0n) is 14.6. The standard InChI is InChI=1S/C17H21BN2O3S/c1-12(21)24-11-14(8-13-6-7-20-15(9-13)10-19)18-22-16(2,3)17(4,5)23-18/h6-9H,11H2,1-5H3. The Morgan fingerprint density at radius 3 is 2.54 bits per heavy atom. The number of nitriles is 1. The second-order valence-corrected chi connectivity index (χ2v) is 7.83. The van der Waals surface area contributed by atoms with Crippen LogP contribution >= 0.6 is 11.8 Å². The van der Waals surface area contributed by atoms with Crippen molar-refractivity contribution in [1.82, 2.24) is 4.98 Å². The quantitative estimate of drug-likeness (QED) is 0.781. The fourth-order valence-corrected chi connectivity index (χ4v) is 2.76. The molecular formula is C17H21BN2O3S. The molecular weight excluding hydrogens is 323 g/mol. The van der Waals surface area contributed by atoms with E-state index < -0.39 is 18.3 Å². The van der Waals surface area contributed by atoms with Gasteiger partial charge in [-0.15, -0.1) is 0 Å². The Labute approximate surface area is 147 Å². The average Bonchev–Trinajstić information content (AvgIpc) is 2.71. The minimum Gasteiger partial charge on any atom is -0.400 e. The van der Waals surface area contributed by atoms with E-state index in [2.05, 4.69) is 4.98 Å². The predicted molar refractivity (Wildman–Crippen MR) is 96.2 cm³/mol. The highest BCUT2D eigenvalue weighted by molar-refractivity contribution is 8.13. The Balaban J connectivity index is 2.33. The van der Waals surface area contributed by atoms with E-state index in [1.54, 1.807) is 12.3 Å². The van der Waals surface area contributed by atoms with Crippen molar-refractivity contribution in [2.75, 3.05) is 5.75 Å². The van der Waals surface area contributed by atoms with Crippen LogP contribution in [0.5, 0.6) is 0 Å². The number of nitrogens with zero attached hydrogens (tertiary/aromatic N) is 2. The first-order valence-electron chi connectivity index (χ1n) is 7.70. The fraction of sp³-hybridized carbons (Fsp3) is 0.471. The van der Waals surface area contributed by atoms with Crippen LogP contribution in [0, 0.1) is 11.3 Å². The van der Waals surface area contributed by atoms with E-state index >= 15 is 0 Å². The van der Waals surface area contributed by atoms with Crippen LogP contribution in [0.3, 0.4) is 0 Å². The molecule has 0 spiro atoms. The lowest BCUT2D eigenvalue weighted by Crippen LogP contribution is -2.41. The molecule has 0 atom stereocenters. The zero-order valence-corrected chi connectivity index (χ0v) is 15.4. The molecule has 1 aliphatic heterocycles. The monoisotopic (exact) mass is 344 g/mol. The molecule has 5 nitrogen and oxygen atoms in total. The Hall–Kier alpha value is -1.62. The number of aromatic nitrogens is 1. The van der Waals surface area contributed by atoms with Crippen LogP contribution in [0.15, 0.2) is 23.8 Å². The van der Waals surface area contributed by atoms with Crippen LogP contribution in [0.2, 0.25) is 0 Å². The van der Waals surface area contributed by atoms with Crippen LogP contribution in [-0.2, 0) is 14.1 Å². The lowest BCUT2D eigenvalue weighted by atomic mass is 9.78. The lowest BCUT2D eigenvalue weighted by molar-refractivity contribution is -0.109. The van der Waals surface area contributed by atoms with Crippen molar-refractivity contribution in [1.29, 1.82) is 5.26 Å². The molecule has 24 heavy (non-hydrogen) atoms. The van der Waals surface area contributed by atoms with Crippen LogP contribution < -0.4 is 0 Å². The third kappa shape index (κ3) is 4.26. The van der Waals surface area contributed by atoms with Gasteiger partial charge in [0.15, 0.2) is 5.12 Å².